The van der Waals surface area contributed by atoms with E-state index >= 15 is 0 Å². The number of fused-ring (bicyclic) bond motifs is 2. The van der Waals surface area contributed by atoms with Crippen LogP contribution in [0.25, 0.3) is 27.8 Å². The average molecular weight is 393 g/mol. The molecule has 9 heteroatoms. The van der Waals surface area contributed by atoms with Gasteiger partial charge in [0.1, 0.15) is 11.3 Å². The fourth-order valence-electron chi connectivity index (χ4n) is 4.17. The van der Waals surface area contributed by atoms with Gasteiger partial charge in [-0.15, -0.1) is 0 Å². The predicted octanol–water partition coefficient (Wildman–Crippen LogP) is 2.88. The molecule has 1 fully saturated rings. The van der Waals surface area contributed by atoms with Gasteiger partial charge in [0.15, 0.2) is 0 Å². The van der Waals surface area contributed by atoms with E-state index in [4.69, 9.17) is 0 Å². The zero-order valence-corrected chi connectivity index (χ0v) is 16.0. The van der Waals surface area contributed by atoms with Crippen LogP contribution in [0.5, 0.6) is 0 Å². The van der Waals surface area contributed by atoms with Crippen LogP contribution >= 0.6 is 0 Å². The number of nitrogens with zero attached hydrogens (tertiary/aromatic N) is 4. The first-order chi connectivity index (χ1) is 13.9. The van der Waals surface area contributed by atoms with E-state index in [1.807, 2.05) is 19.2 Å². The van der Waals surface area contributed by atoms with Crippen molar-refractivity contribution in [3.05, 3.63) is 42.9 Å². The summed E-state index contributed by atoms with van der Waals surface area (Å²) < 4.78 is 15.3. The smallest absolute Gasteiger partial charge is 0.224 e. The van der Waals surface area contributed by atoms with E-state index in [1.165, 1.54) is 17.5 Å². The van der Waals surface area contributed by atoms with Gasteiger partial charge in [0.05, 0.1) is 6.20 Å². The van der Waals surface area contributed by atoms with Crippen LogP contribution in [0.1, 0.15) is 26.7 Å². The maximum Gasteiger partial charge on any atom is 0.224 e. The highest BCUT2D eigenvalue weighted by molar-refractivity contribution is 5.93. The number of carbonyl (C=O) groups excluding carboxylic acids is 1. The van der Waals surface area contributed by atoms with Crippen molar-refractivity contribution in [1.82, 2.24) is 29.7 Å². The lowest BCUT2D eigenvalue weighted by Crippen LogP contribution is -2.59. The van der Waals surface area contributed by atoms with Gasteiger partial charge in [0.2, 0.25) is 17.8 Å². The highest BCUT2D eigenvalue weighted by atomic mass is 19.1. The van der Waals surface area contributed by atoms with Crippen LogP contribution in [0.15, 0.2) is 36.9 Å². The number of aromatic nitrogens is 5. The Balaban J connectivity index is 1.37. The molecule has 1 amide bonds. The molecule has 0 aliphatic heterocycles. The molecule has 0 saturated heterocycles. The van der Waals surface area contributed by atoms with Gasteiger partial charge in [0, 0.05) is 53.6 Å². The van der Waals surface area contributed by atoms with Crippen LogP contribution in [0.3, 0.4) is 0 Å². The van der Waals surface area contributed by atoms with E-state index in [2.05, 4.69) is 30.6 Å². The summed E-state index contributed by atoms with van der Waals surface area (Å²) in [5.41, 5.74) is 2.82. The Morgan fingerprint density at radius 1 is 1.31 bits per heavy atom. The molecule has 0 radical (unpaired) electrons. The molecule has 0 aromatic carbocycles. The van der Waals surface area contributed by atoms with Gasteiger partial charge in [-0.05, 0) is 31.9 Å². The maximum absolute atomic E-state index is 13.9. The van der Waals surface area contributed by atoms with Crippen molar-refractivity contribution in [2.24, 2.45) is 0 Å². The molecule has 1 saturated carbocycles. The van der Waals surface area contributed by atoms with E-state index < -0.39 is 5.95 Å². The number of amides is 1. The summed E-state index contributed by atoms with van der Waals surface area (Å²) in [5.74, 6) is 0.115. The fraction of sp³-hybridized carbons (Fsp3) is 0.300. The molecule has 4 heterocycles. The fourth-order valence-corrected chi connectivity index (χ4v) is 4.17. The quantitative estimate of drug-likeness (QED) is 0.495. The van der Waals surface area contributed by atoms with Crippen LogP contribution in [0.4, 0.5) is 10.3 Å². The zero-order valence-electron chi connectivity index (χ0n) is 16.0. The van der Waals surface area contributed by atoms with Crippen LogP contribution in [0.2, 0.25) is 0 Å². The lowest BCUT2D eigenvalue weighted by atomic mass is 9.74. The Morgan fingerprint density at radius 2 is 2.14 bits per heavy atom. The minimum atomic E-state index is -0.406. The first kappa shape index (κ1) is 17.6. The van der Waals surface area contributed by atoms with Gasteiger partial charge in [-0.1, -0.05) is 0 Å². The van der Waals surface area contributed by atoms with Crippen molar-refractivity contribution >= 4 is 28.5 Å². The van der Waals surface area contributed by atoms with Gasteiger partial charge < -0.3 is 15.6 Å². The molecule has 1 aliphatic carbocycles. The number of hydrogen-bond acceptors (Lipinski definition) is 5. The van der Waals surface area contributed by atoms with Crippen molar-refractivity contribution in [3.8, 4) is 11.1 Å². The molecule has 0 bridgehead atoms. The van der Waals surface area contributed by atoms with Crippen LogP contribution in [0, 0.1) is 5.95 Å². The number of pyridine rings is 1. The molecule has 5 rings (SSSR count). The first-order valence-electron chi connectivity index (χ1n) is 9.43. The Hall–Kier alpha value is -3.49. The lowest BCUT2D eigenvalue weighted by molar-refractivity contribution is -0.121. The minimum absolute atomic E-state index is 0.0173. The molecule has 29 heavy (non-hydrogen) atoms. The van der Waals surface area contributed by atoms with E-state index in [0.29, 0.717) is 17.2 Å². The summed E-state index contributed by atoms with van der Waals surface area (Å²) in [4.78, 5) is 27.5. The first-order valence-corrected chi connectivity index (χ1v) is 9.43. The number of nitrogens with one attached hydrogen (secondary N) is 3. The number of anilines is 1. The van der Waals surface area contributed by atoms with Crippen molar-refractivity contribution in [1.29, 1.82) is 0 Å². The Labute approximate surface area is 165 Å². The van der Waals surface area contributed by atoms with Gasteiger partial charge in [-0.2, -0.15) is 9.37 Å². The van der Waals surface area contributed by atoms with Crippen molar-refractivity contribution in [2.45, 2.75) is 38.3 Å². The molecule has 0 spiro atoms. The van der Waals surface area contributed by atoms with E-state index in [-0.39, 0.29) is 17.5 Å². The predicted molar refractivity (Wildman–Crippen MR) is 107 cm³/mol. The van der Waals surface area contributed by atoms with E-state index in [0.717, 1.165) is 29.4 Å². The van der Waals surface area contributed by atoms with E-state index in [9.17, 15) is 9.18 Å². The lowest BCUT2D eigenvalue weighted by Gasteiger charge is -2.45. The number of hydrogen-bond donors (Lipinski definition) is 3. The minimum Gasteiger partial charge on any atom is -0.351 e. The molecule has 1 aliphatic rings. The summed E-state index contributed by atoms with van der Waals surface area (Å²) in [7, 11) is 0. The monoisotopic (exact) mass is 393 g/mol. The molecule has 148 valence electrons. The van der Waals surface area contributed by atoms with Gasteiger partial charge in [-0.25, -0.2) is 9.97 Å². The Kier molecular flexibility index (Phi) is 3.80. The number of halogens is 1. The normalized spacial score (nSPS) is 21.3. The third-order valence-electron chi connectivity index (χ3n) is 5.41. The molecule has 8 nitrogen and oxygen atoms in total. The number of rotatable bonds is 4. The summed E-state index contributed by atoms with van der Waals surface area (Å²) in [5, 5.41) is 7.15. The molecular formula is C20H20FN7O. The van der Waals surface area contributed by atoms with Crippen molar-refractivity contribution in [2.75, 3.05) is 5.32 Å². The number of H-pyrrole nitrogens is 1. The second-order valence-electron chi connectivity index (χ2n) is 7.88. The molecule has 4 aromatic heterocycles. The third kappa shape index (κ3) is 3.08. The van der Waals surface area contributed by atoms with E-state index in [1.54, 1.807) is 18.5 Å². The van der Waals surface area contributed by atoms with Crippen molar-refractivity contribution < 1.29 is 9.18 Å². The SMILES string of the molecule is CC(=O)NC1(C)CC(Nc2ncc3c(-c4ccc5ncc(F)n5c4)c[nH]c3n2)C1. The summed E-state index contributed by atoms with van der Waals surface area (Å²) >= 11 is 0. The van der Waals surface area contributed by atoms with Gasteiger partial charge >= 0.3 is 0 Å². The topological polar surface area (TPSA) is 100 Å². The highest BCUT2D eigenvalue weighted by Crippen LogP contribution is 2.34. The Morgan fingerprint density at radius 3 is 2.93 bits per heavy atom. The molecule has 3 N–H and O–H groups in total. The molecule has 0 unspecified atom stereocenters. The van der Waals surface area contributed by atoms with Gasteiger partial charge in [-0.3, -0.25) is 9.20 Å². The highest BCUT2D eigenvalue weighted by Gasteiger charge is 2.41. The second kappa shape index (κ2) is 6.26. The largest absolute Gasteiger partial charge is 0.351 e. The van der Waals surface area contributed by atoms with Gasteiger partial charge in [0.25, 0.3) is 0 Å². The summed E-state index contributed by atoms with van der Waals surface area (Å²) in [6.07, 6.45) is 8.16. The van der Waals surface area contributed by atoms with Crippen LogP contribution in [-0.2, 0) is 4.79 Å². The van der Waals surface area contributed by atoms with Crippen LogP contribution < -0.4 is 10.6 Å². The zero-order chi connectivity index (χ0) is 20.2. The molecule has 0 atom stereocenters. The van der Waals surface area contributed by atoms with Crippen molar-refractivity contribution in [3.63, 3.8) is 0 Å². The maximum atomic E-state index is 13.9. The summed E-state index contributed by atoms with van der Waals surface area (Å²) in [6.45, 7) is 3.57. The Bertz CT molecular complexity index is 1240. The molecular weight excluding hydrogens is 373 g/mol. The second-order valence-corrected chi connectivity index (χ2v) is 7.88. The third-order valence-corrected chi connectivity index (χ3v) is 5.41. The van der Waals surface area contributed by atoms with Crippen LogP contribution in [-0.4, -0.2) is 41.8 Å². The number of aromatic amines is 1. The standard InChI is InChI=1S/C20H20FN7O/c1-11(29)27-20(2)5-13(6-20)25-19-24-8-15-14(7-23-18(15)26-19)12-3-4-17-22-9-16(21)28(17)10-12/h3-4,7-10,13H,5-6H2,1-2H3,(H,27,29)(H2,23,24,25,26). The molecule has 4 aromatic rings. The average Bonchev–Trinajstić information content (AvgIpc) is 3.23. The number of carbonyl (C=O) groups is 1. The summed E-state index contributed by atoms with van der Waals surface area (Å²) in [6, 6.07) is 3.88. The number of imidazole rings is 1.